The highest BCUT2D eigenvalue weighted by atomic mass is 35.5. The lowest BCUT2D eigenvalue weighted by atomic mass is 10.1. The standard InChI is InChI=1S/C20H20ClN5O2/c1-14(15-7-9-16(10-8-15)26-13-22-12-24-26)25(2)19(27)11-23-20(28)17-5-3-4-6-18(17)21/h3-10,12-14H,11H2,1-2H3,(H,23,28)/t14-/m0/s1. The van der Waals surface area contributed by atoms with Crippen LogP contribution in [0.3, 0.4) is 0 Å². The molecule has 7 nitrogen and oxygen atoms in total. The molecule has 0 radical (unpaired) electrons. The highest BCUT2D eigenvalue weighted by molar-refractivity contribution is 6.33. The lowest BCUT2D eigenvalue weighted by molar-refractivity contribution is -0.130. The predicted molar refractivity (Wildman–Crippen MR) is 106 cm³/mol. The summed E-state index contributed by atoms with van der Waals surface area (Å²) in [4.78, 5) is 30.2. The van der Waals surface area contributed by atoms with Crippen LogP contribution < -0.4 is 5.32 Å². The first-order valence-electron chi connectivity index (χ1n) is 8.70. The maximum atomic E-state index is 12.5. The van der Waals surface area contributed by atoms with E-state index < -0.39 is 0 Å². The Kier molecular flexibility index (Phi) is 6.06. The average Bonchev–Trinajstić information content (AvgIpc) is 3.26. The van der Waals surface area contributed by atoms with E-state index >= 15 is 0 Å². The molecule has 28 heavy (non-hydrogen) atoms. The van der Waals surface area contributed by atoms with Gasteiger partial charge in [-0.05, 0) is 36.8 Å². The lowest BCUT2D eigenvalue weighted by Crippen LogP contribution is -2.39. The summed E-state index contributed by atoms with van der Waals surface area (Å²) in [5, 5.41) is 7.06. The number of halogens is 1. The van der Waals surface area contributed by atoms with Gasteiger partial charge in [0.2, 0.25) is 5.91 Å². The molecule has 3 rings (SSSR count). The highest BCUT2D eigenvalue weighted by Crippen LogP contribution is 2.20. The third-order valence-electron chi connectivity index (χ3n) is 4.55. The second kappa shape index (κ2) is 8.67. The Morgan fingerprint density at radius 2 is 1.89 bits per heavy atom. The fraction of sp³-hybridized carbons (Fsp3) is 0.200. The Balaban J connectivity index is 1.59. The van der Waals surface area contributed by atoms with Gasteiger partial charge in [-0.3, -0.25) is 9.59 Å². The Hall–Kier alpha value is -3.19. The van der Waals surface area contributed by atoms with Crippen LogP contribution in [0.5, 0.6) is 0 Å². The molecule has 144 valence electrons. The van der Waals surface area contributed by atoms with Crippen molar-refractivity contribution in [3.8, 4) is 5.69 Å². The fourth-order valence-electron chi connectivity index (χ4n) is 2.71. The minimum absolute atomic E-state index is 0.109. The molecule has 2 amide bonds. The first kappa shape index (κ1) is 19.6. The average molecular weight is 398 g/mol. The largest absolute Gasteiger partial charge is 0.343 e. The van der Waals surface area contributed by atoms with E-state index in [2.05, 4.69) is 15.4 Å². The van der Waals surface area contributed by atoms with Crippen molar-refractivity contribution in [1.82, 2.24) is 25.0 Å². The van der Waals surface area contributed by atoms with E-state index in [0.717, 1.165) is 11.3 Å². The van der Waals surface area contributed by atoms with Crippen LogP contribution in [0, 0.1) is 0 Å². The molecule has 0 unspecified atom stereocenters. The summed E-state index contributed by atoms with van der Waals surface area (Å²) in [7, 11) is 1.71. The summed E-state index contributed by atoms with van der Waals surface area (Å²) < 4.78 is 1.66. The third-order valence-corrected chi connectivity index (χ3v) is 4.88. The van der Waals surface area contributed by atoms with Gasteiger partial charge in [0.05, 0.1) is 28.9 Å². The van der Waals surface area contributed by atoms with Gasteiger partial charge < -0.3 is 10.2 Å². The SMILES string of the molecule is C[C@@H](c1ccc(-n2cncn2)cc1)N(C)C(=O)CNC(=O)c1ccccc1Cl. The van der Waals surface area contributed by atoms with E-state index in [0.29, 0.717) is 10.6 Å². The molecule has 0 aliphatic heterocycles. The van der Waals surface area contributed by atoms with Gasteiger partial charge in [-0.15, -0.1) is 0 Å². The number of hydrogen-bond acceptors (Lipinski definition) is 4. The number of carbonyl (C=O) groups is 2. The van der Waals surface area contributed by atoms with Gasteiger partial charge >= 0.3 is 0 Å². The van der Waals surface area contributed by atoms with Crippen LogP contribution in [-0.4, -0.2) is 45.1 Å². The van der Waals surface area contributed by atoms with Crippen molar-refractivity contribution < 1.29 is 9.59 Å². The molecule has 1 N–H and O–H groups in total. The van der Waals surface area contributed by atoms with Crippen molar-refractivity contribution in [3.05, 3.63) is 77.3 Å². The van der Waals surface area contributed by atoms with Gasteiger partial charge in [0.25, 0.3) is 5.91 Å². The summed E-state index contributed by atoms with van der Waals surface area (Å²) in [5.41, 5.74) is 2.20. The van der Waals surface area contributed by atoms with Crippen LogP contribution in [0.4, 0.5) is 0 Å². The molecule has 1 heterocycles. The predicted octanol–water partition coefficient (Wildman–Crippen LogP) is 2.87. The van der Waals surface area contributed by atoms with Crippen molar-refractivity contribution in [1.29, 1.82) is 0 Å². The molecule has 0 saturated heterocycles. The number of carbonyl (C=O) groups excluding carboxylic acids is 2. The maximum absolute atomic E-state index is 12.5. The Bertz CT molecular complexity index is 957. The number of likely N-dealkylation sites (N-methyl/N-ethyl adjacent to an activating group) is 1. The van der Waals surface area contributed by atoms with E-state index in [9.17, 15) is 9.59 Å². The first-order chi connectivity index (χ1) is 13.5. The lowest BCUT2D eigenvalue weighted by Gasteiger charge is -2.25. The molecule has 0 aliphatic rings. The summed E-state index contributed by atoms with van der Waals surface area (Å²) in [6.07, 6.45) is 3.09. The molecule has 8 heteroatoms. The molecule has 0 spiro atoms. The number of nitrogens with zero attached hydrogens (tertiary/aromatic N) is 4. The highest BCUT2D eigenvalue weighted by Gasteiger charge is 2.19. The van der Waals surface area contributed by atoms with E-state index in [1.165, 1.54) is 6.33 Å². The molecule has 3 aromatic rings. The minimum Gasteiger partial charge on any atom is -0.343 e. The van der Waals surface area contributed by atoms with Gasteiger partial charge in [0.15, 0.2) is 0 Å². The second-order valence-corrected chi connectivity index (χ2v) is 6.68. The zero-order valence-electron chi connectivity index (χ0n) is 15.5. The van der Waals surface area contributed by atoms with Crippen LogP contribution in [0.1, 0.15) is 28.9 Å². The number of benzene rings is 2. The van der Waals surface area contributed by atoms with E-state index in [1.807, 2.05) is 31.2 Å². The summed E-state index contributed by atoms with van der Waals surface area (Å²) in [6.45, 7) is 1.82. The number of rotatable bonds is 6. The van der Waals surface area contributed by atoms with Gasteiger partial charge in [0.1, 0.15) is 12.7 Å². The Morgan fingerprint density at radius 3 is 2.54 bits per heavy atom. The van der Waals surface area contributed by atoms with Crippen molar-refractivity contribution in [2.75, 3.05) is 13.6 Å². The van der Waals surface area contributed by atoms with Gasteiger partial charge in [0, 0.05) is 7.05 Å². The van der Waals surface area contributed by atoms with Crippen molar-refractivity contribution in [2.45, 2.75) is 13.0 Å². The molecule has 1 atom stereocenters. The zero-order chi connectivity index (χ0) is 20.1. The molecular formula is C20H20ClN5O2. The summed E-state index contributed by atoms with van der Waals surface area (Å²) in [6, 6.07) is 14.3. The minimum atomic E-state index is -0.378. The number of amides is 2. The monoisotopic (exact) mass is 397 g/mol. The molecule has 0 bridgehead atoms. The maximum Gasteiger partial charge on any atom is 0.253 e. The van der Waals surface area contributed by atoms with Crippen LogP contribution in [0.2, 0.25) is 5.02 Å². The Labute approximate surface area is 167 Å². The van der Waals surface area contributed by atoms with Crippen LogP contribution >= 0.6 is 11.6 Å². The molecule has 2 aromatic carbocycles. The van der Waals surface area contributed by atoms with Gasteiger partial charge in [-0.25, -0.2) is 9.67 Å². The molecular weight excluding hydrogens is 378 g/mol. The summed E-state index contributed by atoms with van der Waals surface area (Å²) in [5.74, 6) is -0.578. The number of aromatic nitrogens is 3. The smallest absolute Gasteiger partial charge is 0.253 e. The topological polar surface area (TPSA) is 80.1 Å². The molecule has 0 fully saturated rings. The fourth-order valence-corrected chi connectivity index (χ4v) is 2.93. The van der Waals surface area contributed by atoms with Crippen molar-refractivity contribution >= 4 is 23.4 Å². The summed E-state index contributed by atoms with van der Waals surface area (Å²) >= 11 is 6.01. The first-order valence-corrected chi connectivity index (χ1v) is 9.08. The Morgan fingerprint density at radius 1 is 1.18 bits per heavy atom. The van der Waals surface area contributed by atoms with Gasteiger partial charge in [-0.1, -0.05) is 35.9 Å². The normalized spacial score (nSPS) is 11.7. The van der Waals surface area contributed by atoms with Crippen molar-refractivity contribution in [3.63, 3.8) is 0 Å². The van der Waals surface area contributed by atoms with Gasteiger partial charge in [-0.2, -0.15) is 5.10 Å². The third kappa shape index (κ3) is 4.37. The van der Waals surface area contributed by atoms with Crippen molar-refractivity contribution in [2.24, 2.45) is 0 Å². The second-order valence-electron chi connectivity index (χ2n) is 6.27. The molecule has 0 saturated carbocycles. The zero-order valence-corrected chi connectivity index (χ0v) is 16.3. The van der Waals surface area contributed by atoms with Crippen LogP contribution in [0.15, 0.2) is 61.2 Å². The van der Waals surface area contributed by atoms with Crippen LogP contribution in [0.25, 0.3) is 5.69 Å². The van der Waals surface area contributed by atoms with E-state index in [1.54, 1.807) is 47.2 Å². The number of nitrogens with one attached hydrogen (secondary N) is 1. The molecule has 1 aromatic heterocycles. The number of hydrogen-bond donors (Lipinski definition) is 1. The van der Waals surface area contributed by atoms with E-state index in [4.69, 9.17) is 11.6 Å². The molecule has 0 aliphatic carbocycles. The van der Waals surface area contributed by atoms with Crippen LogP contribution in [-0.2, 0) is 4.79 Å². The quantitative estimate of drug-likeness (QED) is 0.693. The van der Waals surface area contributed by atoms with E-state index in [-0.39, 0.29) is 24.4 Å².